The standard InChI is InChI=1S/C18H19N3O2S.Na.2H2O/c1-23-15-10-11-19-17-12(15)6-2-5-9-16(17)24(22)18-20-13-7-3-4-8-14(13)21-18;;;/h3-4,7-8,10-11,16H,2,5-6,9H2,1H3,(H,20,21);;2*1H2/t16-,24?;;;/m0.../s1. The number of H-pyrrole nitrogens is 1. The SMILES string of the molecule is COc1ccnc2c1CCCC[C@@H]2S(=O)c1nc2ccccc2[nH]1.O.O.[Na]. The molecule has 3 aromatic rings. The molecule has 0 spiro atoms. The van der Waals surface area contributed by atoms with Crippen LogP contribution in [0.25, 0.3) is 11.0 Å². The topological polar surface area (TPSA) is 131 Å². The zero-order chi connectivity index (χ0) is 16.5. The van der Waals surface area contributed by atoms with E-state index in [4.69, 9.17) is 4.74 Å². The van der Waals surface area contributed by atoms with Gasteiger partial charge in [-0.2, -0.15) is 0 Å². The number of aromatic nitrogens is 3. The minimum atomic E-state index is -1.27. The van der Waals surface area contributed by atoms with Crippen molar-refractivity contribution in [2.75, 3.05) is 7.11 Å². The number of rotatable bonds is 3. The molecule has 0 saturated heterocycles. The van der Waals surface area contributed by atoms with Crippen LogP contribution in [0.3, 0.4) is 0 Å². The third-order valence-corrected chi connectivity index (χ3v) is 6.08. The van der Waals surface area contributed by atoms with Crippen molar-refractivity contribution in [2.45, 2.75) is 36.1 Å². The number of pyridine rings is 1. The molecule has 5 N–H and O–H groups in total. The largest absolute Gasteiger partial charge is 0.496 e. The van der Waals surface area contributed by atoms with Gasteiger partial charge in [0.25, 0.3) is 0 Å². The molecule has 2 heterocycles. The van der Waals surface area contributed by atoms with Gasteiger partial charge in [-0.25, -0.2) is 4.98 Å². The van der Waals surface area contributed by atoms with Gasteiger partial charge in [0.2, 0.25) is 0 Å². The second-order valence-electron chi connectivity index (χ2n) is 5.97. The van der Waals surface area contributed by atoms with Crippen molar-refractivity contribution in [1.29, 1.82) is 0 Å². The number of benzene rings is 1. The number of nitrogens with zero attached hydrogens (tertiary/aromatic N) is 2. The van der Waals surface area contributed by atoms with Gasteiger partial charge in [-0.05, 0) is 37.5 Å². The first-order valence-electron chi connectivity index (χ1n) is 8.15. The van der Waals surface area contributed by atoms with Crippen molar-refractivity contribution in [3.63, 3.8) is 0 Å². The molecular weight excluding hydrogens is 377 g/mol. The maximum atomic E-state index is 13.2. The first kappa shape index (κ1) is 23.7. The van der Waals surface area contributed by atoms with E-state index in [0.717, 1.165) is 53.7 Å². The number of hydrogen-bond acceptors (Lipinski definition) is 4. The number of aromatic amines is 1. The van der Waals surface area contributed by atoms with E-state index < -0.39 is 10.8 Å². The van der Waals surface area contributed by atoms with Crippen LogP contribution in [0.4, 0.5) is 0 Å². The normalized spacial score (nSPS) is 16.7. The smallest absolute Gasteiger partial charge is 0.198 e. The van der Waals surface area contributed by atoms with Crippen molar-refractivity contribution in [1.82, 2.24) is 15.0 Å². The molecule has 7 nitrogen and oxygen atoms in total. The van der Waals surface area contributed by atoms with Crippen LogP contribution in [-0.2, 0) is 17.2 Å². The van der Waals surface area contributed by atoms with Crippen LogP contribution in [0.2, 0.25) is 0 Å². The molecule has 4 rings (SSSR count). The third-order valence-electron chi connectivity index (χ3n) is 4.53. The molecule has 0 aliphatic heterocycles. The number of ether oxygens (including phenoxy) is 1. The van der Waals surface area contributed by atoms with Gasteiger partial charge in [0.1, 0.15) is 5.75 Å². The summed E-state index contributed by atoms with van der Waals surface area (Å²) in [4.78, 5) is 12.3. The van der Waals surface area contributed by atoms with Gasteiger partial charge in [0.05, 0.1) is 39.9 Å². The first-order chi connectivity index (χ1) is 11.8. The summed E-state index contributed by atoms with van der Waals surface area (Å²) in [6, 6.07) is 9.63. The Balaban J connectivity index is 0.00000121. The maximum Gasteiger partial charge on any atom is 0.198 e. The fraction of sp³-hybridized carbons (Fsp3) is 0.333. The second kappa shape index (κ2) is 10.3. The van der Waals surface area contributed by atoms with Crippen molar-refractivity contribution in [3.8, 4) is 5.75 Å². The minimum Gasteiger partial charge on any atom is -0.496 e. The van der Waals surface area contributed by atoms with E-state index in [9.17, 15) is 4.21 Å². The summed E-state index contributed by atoms with van der Waals surface area (Å²) in [5.41, 5.74) is 3.74. The summed E-state index contributed by atoms with van der Waals surface area (Å²) < 4.78 is 18.7. The zero-order valence-electron chi connectivity index (χ0n) is 15.5. The Bertz CT molecular complexity index is 886. The molecule has 0 fully saturated rings. The molecule has 2 aromatic heterocycles. The predicted molar refractivity (Wildman–Crippen MR) is 107 cm³/mol. The Labute approximate surface area is 182 Å². The fourth-order valence-corrected chi connectivity index (χ4v) is 4.80. The van der Waals surface area contributed by atoms with Crippen LogP contribution in [0.5, 0.6) is 5.75 Å². The molecule has 9 heteroatoms. The molecule has 1 aromatic carbocycles. The zero-order valence-corrected chi connectivity index (χ0v) is 18.3. The van der Waals surface area contributed by atoms with Gasteiger partial charge < -0.3 is 20.7 Å². The van der Waals surface area contributed by atoms with Gasteiger partial charge in [0.15, 0.2) is 5.16 Å². The molecule has 1 aliphatic rings. The molecule has 27 heavy (non-hydrogen) atoms. The molecule has 1 aliphatic carbocycles. The van der Waals surface area contributed by atoms with Crippen LogP contribution >= 0.6 is 0 Å². The van der Waals surface area contributed by atoms with Crippen LogP contribution in [0.15, 0.2) is 41.7 Å². The van der Waals surface area contributed by atoms with Crippen LogP contribution in [-0.4, -0.2) is 66.8 Å². The molecule has 1 unspecified atom stereocenters. The van der Waals surface area contributed by atoms with Crippen molar-refractivity contribution in [2.24, 2.45) is 0 Å². The van der Waals surface area contributed by atoms with Gasteiger partial charge in [-0.1, -0.05) is 18.6 Å². The van der Waals surface area contributed by atoms with Crippen molar-refractivity contribution < 1.29 is 19.9 Å². The second-order valence-corrected chi connectivity index (χ2v) is 7.52. The summed E-state index contributed by atoms with van der Waals surface area (Å²) in [6.45, 7) is 0. The number of imidazole rings is 1. The summed E-state index contributed by atoms with van der Waals surface area (Å²) in [5, 5.41) is 0.372. The molecule has 0 saturated carbocycles. The molecule has 141 valence electrons. The average molecular weight is 400 g/mol. The Morgan fingerprint density at radius 3 is 2.70 bits per heavy atom. The maximum absolute atomic E-state index is 13.2. The fourth-order valence-electron chi connectivity index (χ4n) is 3.35. The molecule has 0 bridgehead atoms. The van der Waals surface area contributed by atoms with Crippen molar-refractivity contribution >= 4 is 51.4 Å². The van der Waals surface area contributed by atoms with Gasteiger partial charge >= 0.3 is 0 Å². The Kier molecular flexibility index (Phi) is 9.07. The monoisotopic (exact) mass is 400 g/mol. The number of methoxy groups -OCH3 is 1. The quantitative estimate of drug-likeness (QED) is 0.527. The molecular formula is C18H23N3NaO4S. The Hall–Kier alpha value is -1.29. The van der Waals surface area contributed by atoms with Crippen LogP contribution in [0, 0.1) is 0 Å². The third kappa shape index (κ3) is 4.59. The van der Waals surface area contributed by atoms with E-state index in [1.54, 1.807) is 13.3 Å². The Morgan fingerprint density at radius 1 is 1.19 bits per heavy atom. The number of fused-ring (bicyclic) bond motifs is 2. The van der Waals surface area contributed by atoms with E-state index in [1.807, 2.05) is 30.3 Å². The van der Waals surface area contributed by atoms with E-state index >= 15 is 0 Å². The number of nitrogens with one attached hydrogen (secondary N) is 1. The summed E-state index contributed by atoms with van der Waals surface area (Å²) in [5.74, 6) is 0.841. The van der Waals surface area contributed by atoms with E-state index in [2.05, 4.69) is 15.0 Å². The minimum absolute atomic E-state index is 0. The van der Waals surface area contributed by atoms with E-state index in [0.29, 0.717) is 5.16 Å². The summed E-state index contributed by atoms with van der Waals surface area (Å²) in [7, 11) is 0.402. The van der Waals surface area contributed by atoms with Crippen molar-refractivity contribution in [3.05, 3.63) is 47.8 Å². The first-order valence-corrected chi connectivity index (χ1v) is 9.36. The Morgan fingerprint density at radius 2 is 1.96 bits per heavy atom. The average Bonchev–Trinajstić information content (AvgIpc) is 2.93. The summed E-state index contributed by atoms with van der Waals surface area (Å²) >= 11 is 0. The molecule has 1 radical (unpaired) electrons. The number of hydrogen-bond donors (Lipinski definition) is 1. The van der Waals surface area contributed by atoms with Crippen LogP contribution < -0.4 is 4.74 Å². The van der Waals surface area contributed by atoms with Gasteiger partial charge in [0, 0.05) is 41.3 Å². The van der Waals surface area contributed by atoms with Gasteiger partial charge in [-0.15, -0.1) is 0 Å². The molecule has 2 atom stereocenters. The number of para-hydroxylation sites is 2. The predicted octanol–water partition coefficient (Wildman–Crippen LogP) is 1.51. The van der Waals surface area contributed by atoms with E-state index in [1.165, 1.54) is 0 Å². The molecule has 0 amide bonds. The van der Waals surface area contributed by atoms with E-state index in [-0.39, 0.29) is 45.8 Å². The van der Waals surface area contributed by atoms with Gasteiger partial charge in [-0.3, -0.25) is 9.19 Å². The summed E-state index contributed by atoms with van der Waals surface area (Å²) in [6.07, 6.45) is 5.59. The van der Waals surface area contributed by atoms with Crippen LogP contribution in [0.1, 0.15) is 35.8 Å².